The van der Waals surface area contributed by atoms with Gasteiger partial charge >= 0.3 is 0 Å². The highest BCUT2D eigenvalue weighted by Crippen LogP contribution is 2.27. The summed E-state index contributed by atoms with van der Waals surface area (Å²) in [6.07, 6.45) is 0.731. The Kier molecular flexibility index (Phi) is 5.79. The molecule has 19 heavy (non-hydrogen) atoms. The Bertz CT molecular complexity index is 516. The van der Waals surface area contributed by atoms with Crippen LogP contribution < -0.4 is 10.1 Å². The van der Waals surface area contributed by atoms with Crippen LogP contribution in [-0.2, 0) is 6.42 Å². The standard InChI is InChI=1S/C13H17N3O2.ClH/c1-9(14-2)8-12-15-13(18-16-12)10-6-4-5-7-11(10)17-3;/h4-7,9,14H,8H2,1-3H3;1H. The van der Waals surface area contributed by atoms with Crippen LogP contribution in [0.15, 0.2) is 28.8 Å². The molecule has 1 heterocycles. The van der Waals surface area contributed by atoms with Gasteiger partial charge in [0, 0.05) is 12.5 Å². The van der Waals surface area contributed by atoms with Crippen molar-refractivity contribution in [3.8, 4) is 17.2 Å². The number of nitrogens with zero attached hydrogens (tertiary/aromatic N) is 2. The zero-order chi connectivity index (χ0) is 13.0. The fourth-order valence-corrected chi connectivity index (χ4v) is 1.64. The molecule has 2 rings (SSSR count). The second-order valence-corrected chi connectivity index (χ2v) is 4.11. The van der Waals surface area contributed by atoms with E-state index in [1.54, 1.807) is 7.11 Å². The van der Waals surface area contributed by atoms with E-state index in [4.69, 9.17) is 9.26 Å². The molecule has 1 aromatic heterocycles. The molecule has 1 atom stereocenters. The number of likely N-dealkylation sites (N-methyl/N-ethyl adjacent to an activating group) is 1. The van der Waals surface area contributed by atoms with E-state index in [0.717, 1.165) is 17.7 Å². The minimum atomic E-state index is 0. The second-order valence-electron chi connectivity index (χ2n) is 4.11. The number of benzene rings is 1. The highest BCUT2D eigenvalue weighted by Gasteiger charge is 2.14. The van der Waals surface area contributed by atoms with Crippen LogP contribution in [0.1, 0.15) is 12.7 Å². The minimum Gasteiger partial charge on any atom is -0.496 e. The molecule has 0 saturated carbocycles. The molecule has 1 unspecified atom stereocenters. The Balaban J connectivity index is 0.00000180. The van der Waals surface area contributed by atoms with Crippen molar-refractivity contribution in [3.63, 3.8) is 0 Å². The average Bonchev–Trinajstić information content (AvgIpc) is 2.86. The van der Waals surface area contributed by atoms with E-state index in [9.17, 15) is 0 Å². The Morgan fingerprint density at radius 2 is 2.11 bits per heavy atom. The van der Waals surface area contributed by atoms with Gasteiger partial charge in [0.25, 0.3) is 5.89 Å². The van der Waals surface area contributed by atoms with Gasteiger partial charge in [-0.1, -0.05) is 17.3 Å². The molecular weight excluding hydrogens is 266 g/mol. The summed E-state index contributed by atoms with van der Waals surface area (Å²) in [5.41, 5.74) is 0.816. The maximum Gasteiger partial charge on any atom is 0.261 e. The number of halogens is 1. The summed E-state index contributed by atoms with van der Waals surface area (Å²) in [6.45, 7) is 2.07. The lowest BCUT2D eigenvalue weighted by Gasteiger charge is -2.05. The van der Waals surface area contributed by atoms with Crippen LogP contribution in [0, 0.1) is 0 Å². The summed E-state index contributed by atoms with van der Waals surface area (Å²) in [6, 6.07) is 7.90. The number of para-hydroxylation sites is 1. The zero-order valence-corrected chi connectivity index (χ0v) is 12.0. The summed E-state index contributed by atoms with van der Waals surface area (Å²) in [5, 5.41) is 7.11. The van der Waals surface area contributed by atoms with Crippen molar-refractivity contribution < 1.29 is 9.26 Å². The molecule has 0 aliphatic rings. The molecule has 1 aromatic carbocycles. The van der Waals surface area contributed by atoms with Gasteiger partial charge in [-0.2, -0.15) is 4.98 Å². The first-order chi connectivity index (χ1) is 8.74. The van der Waals surface area contributed by atoms with Crippen LogP contribution in [0.5, 0.6) is 5.75 Å². The molecule has 5 nitrogen and oxygen atoms in total. The fourth-order valence-electron chi connectivity index (χ4n) is 1.64. The molecule has 0 aliphatic heterocycles. The highest BCUT2D eigenvalue weighted by atomic mass is 35.5. The van der Waals surface area contributed by atoms with Crippen molar-refractivity contribution in [1.29, 1.82) is 0 Å². The quantitative estimate of drug-likeness (QED) is 0.912. The molecular formula is C13H18ClN3O2. The van der Waals surface area contributed by atoms with E-state index in [0.29, 0.717) is 17.8 Å². The van der Waals surface area contributed by atoms with Gasteiger partial charge in [0.15, 0.2) is 5.82 Å². The number of rotatable bonds is 5. The largest absolute Gasteiger partial charge is 0.496 e. The number of hydrogen-bond donors (Lipinski definition) is 1. The summed E-state index contributed by atoms with van der Waals surface area (Å²) >= 11 is 0. The molecule has 0 bridgehead atoms. The van der Waals surface area contributed by atoms with Gasteiger partial charge < -0.3 is 14.6 Å². The zero-order valence-electron chi connectivity index (χ0n) is 11.2. The third-order valence-electron chi connectivity index (χ3n) is 2.79. The summed E-state index contributed by atoms with van der Waals surface area (Å²) in [4.78, 5) is 4.38. The normalized spacial score (nSPS) is 11.7. The van der Waals surface area contributed by atoms with E-state index < -0.39 is 0 Å². The summed E-state index contributed by atoms with van der Waals surface area (Å²) in [7, 11) is 3.53. The number of hydrogen-bond acceptors (Lipinski definition) is 5. The third-order valence-corrected chi connectivity index (χ3v) is 2.79. The van der Waals surface area contributed by atoms with Gasteiger partial charge in [0.1, 0.15) is 5.75 Å². The van der Waals surface area contributed by atoms with E-state index in [1.807, 2.05) is 31.3 Å². The van der Waals surface area contributed by atoms with Crippen LogP contribution in [-0.4, -0.2) is 30.3 Å². The lowest BCUT2D eigenvalue weighted by molar-refractivity contribution is 0.401. The third kappa shape index (κ3) is 3.68. The molecule has 0 fully saturated rings. The van der Waals surface area contributed by atoms with Crippen LogP contribution in [0.3, 0.4) is 0 Å². The van der Waals surface area contributed by atoms with E-state index in [1.165, 1.54) is 0 Å². The van der Waals surface area contributed by atoms with Crippen LogP contribution in [0.4, 0.5) is 0 Å². The molecule has 1 N–H and O–H groups in total. The SMILES string of the molecule is CNC(C)Cc1noc(-c2ccccc2OC)n1.Cl. The van der Waals surface area contributed by atoms with Gasteiger partial charge in [-0.05, 0) is 26.1 Å². The molecule has 0 amide bonds. The Morgan fingerprint density at radius 3 is 2.79 bits per heavy atom. The molecule has 0 saturated heterocycles. The average molecular weight is 284 g/mol. The number of aromatic nitrogens is 2. The highest BCUT2D eigenvalue weighted by molar-refractivity contribution is 5.85. The molecule has 0 aliphatic carbocycles. The van der Waals surface area contributed by atoms with Gasteiger partial charge in [-0.25, -0.2) is 0 Å². The van der Waals surface area contributed by atoms with Crippen LogP contribution in [0.2, 0.25) is 0 Å². The van der Waals surface area contributed by atoms with Crippen molar-refractivity contribution in [3.05, 3.63) is 30.1 Å². The summed E-state index contributed by atoms with van der Waals surface area (Å²) in [5.74, 6) is 1.91. The van der Waals surface area contributed by atoms with Gasteiger partial charge in [0.05, 0.1) is 12.7 Å². The van der Waals surface area contributed by atoms with Gasteiger partial charge in [-0.3, -0.25) is 0 Å². The minimum absolute atomic E-state index is 0. The number of methoxy groups -OCH3 is 1. The van der Waals surface area contributed by atoms with E-state index in [-0.39, 0.29) is 12.4 Å². The first kappa shape index (κ1) is 15.5. The van der Waals surface area contributed by atoms with Crippen molar-refractivity contribution in [2.24, 2.45) is 0 Å². The summed E-state index contributed by atoms with van der Waals surface area (Å²) < 4.78 is 10.5. The van der Waals surface area contributed by atoms with Crippen molar-refractivity contribution in [1.82, 2.24) is 15.5 Å². The predicted octanol–water partition coefficient (Wildman–Crippen LogP) is 2.32. The lowest BCUT2D eigenvalue weighted by atomic mass is 10.2. The van der Waals surface area contributed by atoms with Crippen LogP contribution >= 0.6 is 12.4 Å². The molecule has 104 valence electrons. The monoisotopic (exact) mass is 283 g/mol. The predicted molar refractivity (Wildman–Crippen MR) is 75.8 cm³/mol. The maximum absolute atomic E-state index is 5.27. The van der Waals surface area contributed by atoms with E-state index in [2.05, 4.69) is 22.4 Å². The number of ether oxygens (including phenoxy) is 1. The smallest absolute Gasteiger partial charge is 0.261 e. The second kappa shape index (κ2) is 7.11. The Hall–Kier alpha value is -1.59. The fraction of sp³-hybridized carbons (Fsp3) is 0.385. The van der Waals surface area contributed by atoms with Crippen molar-refractivity contribution in [2.75, 3.05) is 14.2 Å². The van der Waals surface area contributed by atoms with Crippen molar-refractivity contribution in [2.45, 2.75) is 19.4 Å². The van der Waals surface area contributed by atoms with Gasteiger partial charge in [0.2, 0.25) is 0 Å². The Morgan fingerprint density at radius 1 is 1.37 bits per heavy atom. The first-order valence-corrected chi connectivity index (χ1v) is 5.88. The molecule has 2 aromatic rings. The Labute approximate surface area is 118 Å². The molecule has 0 radical (unpaired) electrons. The lowest BCUT2D eigenvalue weighted by Crippen LogP contribution is -2.24. The van der Waals surface area contributed by atoms with E-state index >= 15 is 0 Å². The number of nitrogens with one attached hydrogen (secondary N) is 1. The van der Waals surface area contributed by atoms with Crippen LogP contribution in [0.25, 0.3) is 11.5 Å². The molecule has 0 spiro atoms. The topological polar surface area (TPSA) is 60.2 Å². The maximum atomic E-state index is 5.27. The molecule has 6 heteroatoms. The first-order valence-electron chi connectivity index (χ1n) is 5.88. The van der Waals surface area contributed by atoms with Gasteiger partial charge in [-0.15, -0.1) is 12.4 Å². The van der Waals surface area contributed by atoms with Crippen molar-refractivity contribution >= 4 is 12.4 Å².